The van der Waals surface area contributed by atoms with Crippen molar-refractivity contribution in [3.63, 3.8) is 0 Å². The Labute approximate surface area is 138 Å². The molecule has 1 amide bonds. The molecule has 1 fully saturated rings. The average Bonchev–Trinajstić information content (AvgIpc) is 2.57. The van der Waals surface area contributed by atoms with Crippen molar-refractivity contribution < 1.29 is 17.9 Å². The lowest BCUT2D eigenvalue weighted by Gasteiger charge is -2.26. The van der Waals surface area contributed by atoms with E-state index in [0.29, 0.717) is 39.3 Å². The predicted octanol–water partition coefficient (Wildman–Crippen LogP) is -0.611. The van der Waals surface area contributed by atoms with Gasteiger partial charge in [0.15, 0.2) is 0 Å². The first-order chi connectivity index (χ1) is 11.0. The van der Waals surface area contributed by atoms with Gasteiger partial charge in [-0.2, -0.15) is 9.57 Å². The van der Waals surface area contributed by atoms with Crippen molar-refractivity contribution in [3.8, 4) is 6.07 Å². The summed E-state index contributed by atoms with van der Waals surface area (Å²) < 4.78 is 30.8. The van der Waals surface area contributed by atoms with Crippen molar-refractivity contribution in [1.82, 2.24) is 14.5 Å². The highest BCUT2D eigenvalue weighted by molar-refractivity contribution is 7.89. The fourth-order valence-corrected chi connectivity index (χ4v) is 3.77. The highest BCUT2D eigenvalue weighted by Crippen LogP contribution is 2.05. The third-order valence-electron chi connectivity index (χ3n) is 3.75. The lowest BCUT2D eigenvalue weighted by atomic mass is 10.2. The number of hydrogen-bond acceptors (Lipinski definition) is 6. The largest absolute Gasteiger partial charge is 0.379 e. The average molecular weight is 346 g/mol. The molecule has 0 saturated carbocycles. The van der Waals surface area contributed by atoms with Gasteiger partial charge in [-0.3, -0.25) is 4.79 Å². The third kappa shape index (κ3) is 6.06. The monoisotopic (exact) mass is 346 g/mol. The van der Waals surface area contributed by atoms with Crippen LogP contribution in [0.15, 0.2) is 0 Å². The van der Waals surface area contributed by atoms with Gasteiger partial charge in [-0.25, -0.2) is 8.42 Å². The molecule has 1 N–H and O–H groups in total. The van der Waals surface area contributed by atoms with Crippen LogP contribution >= 0.6 is 0 Å². The van der Waals surface area contributed by atoms with Gasteiger partial charge in [0, 0.05) is 26.2 Å². The number of morpholine rings is 1. The fraction of sp³-hybridized carbons (Fsp3) is 0.857. The molecule has 1 saturated heterocycles. The molecular weight excluding hydrogens is 320 g/mol. The Hall–Kier alpha value is -1.21. The number of sulfonamides is 1. The van der Waals surface area contributed by atoms with Gasteiger partial charge >= 0.3 is 0 Å². The zero-order chi connectivity index (χ0) is 17.3. The molecule has 0 spiro atoms. The van der Waals surface area contributed by atoms with Crippen LogP contribution in [0.3, 0.4) is 0 Å². The van der Waals surface area contributed by atoms with E-state index in [2.05, 4.69) is 11.4 Å². The van der Waals surface area contributed by atoms with Gasteiger partial charge < -0.3 is 15.0 Å². The molecule has 1 atom stereocenters. The summed E-state index contributed by atoms with van der Waals surface area (Å²) >= 11 is 0. The normalized spacial score (nSPS) is 17.4. The van der Waals surface area contributed by atoms with Crippen LogP contribution in [0.2, 0.25) is 0 Å². The molecule has 23 heavy (non-hydrogen) atoms. The van der Waals surface area contributed by atoms with Gasteiger partial charge in [0.05, 0.1) is 31.6 Å². The Morgan fingerprint density at radius 2 is 2.04 bits per heavy atom. The van der Waals surface area contributed by atoms with Crippen LogP contribution in [0.25, 0.3) is 0 Å². The Balaban J connectivity index is 2.38. The highest BCUT2D eigenvalue weighted by Gasteiger charge is 2.24. The molecule has 0 bridgehead atoms. The second-order valence-corrected chi connectivity index (χ2v) is 7.33. The van der Waals surface area contributed by atoms with E-state index in [1.165, 1.54) is 9.21 Å². The molecule has 9 heteroatoms. The van der Waals surface area contributed by atoms with Crippen LogP contribution in [0.4, 0.5) is 0 Å². The molecule has 0 radical (unpaired) electrons. The summed E-state index contributed by atoms with van der Waals surface area (Å²) in [4.78, 5) is 13.6. The topological polar surface area (TPSA) is 103 Å². The van der Waals surface area contributed by atoms with E-state index in [1.807, 2.05) is 13.8 Å². The first-order valence-electron chi connectivity index (χ1n) is 7.91. The summed E-state index contributed by atoms with van der Waals surface area (Å²) in [6.45, 7) is 5.96. The second-order valence-electron chi connectivity index (χ2n) is 5.24. The number of carbonyl (C=O) groups is 1. The zero-order valence-electron chi connectivity index (χ0n) is 13.8. The third-order valence-corrected chi connectivity index (χ3v) is 5.62. The maximum absolute atomic E-state index is 12.1. The molecule has 1 aliphatic heterocycles. The molecule has 8 nitrogen and oxygen atoms in total. The molecule has 0 aromatic rings. The number of nitrogens with zero attached hydrogens (tertiary/aromatic N) is 3. The number of amides is 1. The summed E-state index contributed by atoms with van der Waals surface area (Å²) in [5, 5.41) is 11.9. The lowest BCUT2D eigenvalue weighted by Crippen LogP contribution is -2.46. The minimum atomic E-state index is -3.32. The molecule has 0 aromatic heterocycles. The Morgan fingerprint density at radius 3 is 2.57 bits per heavy atom. The van der Waals surface area contributed by atoms with Crippen LogP contribution in [0.1, 0.15) is 20.3 Å². The number of rotatable bonds is 9. The van der Waals surface area contributed by atoms with E-state index < -0.39 is 16.1 Å². The lowest BCUT2D eigenvalue weighted by molar-refractivity contribution is -0.131. The number of ether oxygens (including phenoxy) is 1. The number of hydrogen-bond donors (Lipinski definition) is 1. The van der Waals surface area contributed by atoms with Crippen molar-refractivity contribution in [3.05, 3.63) is 0 Å². The molecule has 0 unspecified atom stereocenters. The van der Waals surface area contributed by atoms with Crippen LogP contribution in [-0.2, 0) is 19.6 Å². The molecule has 1 rings (SSSR count). The second kappa shape index (κ2) is 9.82. The molecule has 0 aliphatic carbocycles. The minimum Gasteiger partial charge on any atom is -0.379 e. The van der Waals surface area contributed by atoms with Crippen molar-refractivity contribution in [2.24, 2.45) is 0 Å². The summed E-state index contributed by atoms with van der Waals surface area (Å²) in [5.41, 5.74) is 0. The van der Waals surface area contributed by atoms with Crippen LogP contribution in [0.5, 0.6) is 0 Å². The van der Waals surface area contributed by atoms with E-state index in [1.54, 1.807) is 0 Å². The van der Waals surface area contributed by atoms with Gasteiger partial charge in [-0.1, -0.05) is 6.92 Å². The number of nitriles is 1. The maximum Gasteiger partial charge on any atom is 0.237 e. The van der Waals surface area contributed by atoms with Crippen molar-refractivity contribution in [1.29, 1.82) is 5.26 Å². The quantitative estimate of drug-likeness (QED) is 0.559. The highest BCUT2D eigenvalue weighted by atomic mass is 32.2. The Kier molecular flexibility index (Phi) is 8.47. The van der Waals surface area contributed by atoms with Crippen molar-refractivity contribution in [2.75, 3.05) is 51.7 Å². The van der Waals surface area contributed by atoms with Gasteiger partial charge in [0.2, 0.25) is 15.9 Å². The van der Waals surface area contributed by atoms with Crippen LogP contribution in [-0.4, -0.2) is 81.3 Å². The summed E-state index contributed by atoms with van der Waals surface area (Å²) in [6, 6.07) is 1.67. The van der Waals surface area contributed by atoms with E-state index in [0.717, 1.165) is 0 Å². The molecule has 1 heterocycles. The van der Waals surface area contributed by atoms with Gasteiger partial charge in [-0.15, -0.1) is 0 Å². The minimum absolute atomic E-state index is 0.0324. The van der Waals surface area contributed by atoms with E-state index >= 15 is 0 Å². The molecule has 132 valence electrons. The predicted molar refractivity (Wildman–Crippen MR) is 86.1 cm³/mol. The summed E-state index contributed by atoms with van der Waals surface area (Å²) in [7, 11) is -3.32. The molecular formula is C14H26N4O4S. The van der Waals surface area contributed by atoms with Gasteiger partial charge in [0.1, 0.15) is 6.04 Å². The van der Waals surface area contributed by atoms with Crippen molar-refractivity contribution in [2.45, 2.75) is 26.3 Å². The smallest absolute Gasteiger partial charge is 0.237 e. The maximum atomic E-state index is 12.1. The first-order valence-corrected chi connectivity index (χ1v) is 9.52. The van der Waals surface area contributed by atoms with Crippen LogP contribution < -0.4 is 5.32 Å². The van der Waals surface area contributed by atoms with Gasteiger partial charge in [0.25, 0.3) is 0 Å². The van der Waals surface area contributed by atoms with E-state index in [4.69, 9.17) is 10.00 Å². The standard InChI is InChI=1S/C14H26N4O4S/c1-3-13(11-15)18(4-2)14(19)12-16-5-10-23(20,21)17-6-8-22-9-7-17/h13,16H,3-10,12H2,1-2H3/t13-/m0/s1. The summed E-state index contributed by atoms with van der Waals surface area (Å²) in [6.07, 6.45) is 0.571. The molecule has 0 aromatic carbocycles. The number of carbonyl (C=O) groups excluding carboxylic acids is 1. The Morgan fingerprint density at radius 1 is 1.39 bits per heavy atom. The van der Waals surface area contributed by atoms with Gasteiger partial charge in [-0.05, 0) is 13.3 Å². The summed E-state index contributed by atoms with van der Waals surface area (Å²) in [5.74, 6) is -0.244. The SMILES string of the molecule is CC[C@@H](C#N)N(CC)C(=O)CNCCS(=O)(=O)N1CCOCC1. The first kappa shape index (κ1) is 19.8. The fourth-order valence-electron chi connectivity index (χ4n) is 2.40. The zero-order valence-corrected chi connectivity index (χ0v) is 14.6. The Bertz CT molecular complexity index is 511. The molecule has 1 aliphatic rings. The number of nitrogens with one attached hydrogen (secondary N) is 1. The van der Waals surface area contributed by atoms with E-state index in [9.17, 15) is 13.2 Å². The van der Waals surface area contributed by atoms with E-state index in [-0.39, 0.29) is 24.7 Å². The number of likely N-dealkylation sites (N-methyl/N-ethyl adjacent to an activating group) is 1. The van der Waals surface area contributed by atoms with Crippen LogP contribution in [0, 0.1) is 11.3 Å². The van der Waals surface area contributed by atoms with Crippen molar-refractivity contribution >= 4 is 15.9 Å².